The van der Waals surface area contributed by atoms with Crippen molar-refractivity contribution in [3.63, 3.8) is 0 Å². The van der Waals surface area contributed by atoms with Gasteiger partial charge in [-0.2, -0.15) is 0 Å². The van der Waals surface area contributed by atoms with Crippen LogP contribution in [0.5, 0.6) is 0 Å². The number of aromatic nitrogens is 1. The second kappa shape index (κ2) is 8.32. The first-order valence-electron chi connectivity index (χ1n) is 9.16. The Morgan fingerprint density at radius 1 is 0.889 bits per heavy atom. The fourth-order valence-corrected chi connectivity index (χ4v) is 2.96. The van der Waals surface area contributed by atoms with E-state index in [-0.39, 0.29) is 0 Å². The molecule has 0 saturated heterocycles. The van der Waals surface area contributed by atoms with Gasteiger partial charge in [-0.05, 0) is 66.6 Å². The third kappa shape index (κ3) is 4.82. The molecule has 1 aliphatic heterocycles. The zero-order chi connectivity index (χ0) is 18.3. The fourth-order valence-electron chi connectivity index (χ4n) is 2.96. The number of hydrogen-bond donors (Lipinski definition) is 2. The van der Waals surface area contributed by atoms with E-state index in [9.17, 15) is 0 Å². The van der Waals surface area contributed by atoms with Gasteiger partial charge in [0.1, 0.15) is 0 Å². The van der Waals surface area contributed by atoms with Crippen LogP contribution in [0.15, 0.2) is 89.1 Å². The highest BCUT2D eigenvalue weighted by atomic mass is 14.9. The molecule has 4 nitrogen and oxygen atoms in total. The average molecular weight is 354 g/mol. The largest absolute Gasteiger partial charge is 0.383 e. The van der Waals surface area contributed by atoms with Crippen LogP contribution in [0, 0.1) is 0 Å². The van der Waals surface area contributed by atoms with E-state index in [0.29, 0.717) is 6.04 Å². The van der Waals surface area contributed by atoms with Crippen LogP contribution in [0.3, 0.4) is 0 Å². The topological polar surface area (TPSA) is 52.5 Å². The summed E-state index contributed by atoms with van der Waals surface area (Å²) in [4.78, 5) is 12.1. The van der Waals surface area contributed by atoms with Crippen molar-refractivity contribution in [3.8, 4) is 0 Å². The molecule has 2 aromatic carbocycles. The van der Waals surface area contributed by atoms with Crippen molar-refractivity contribution >= 4 is 23.8 Å². The standard InChI is InChI=1S/C23H22N4/c1-3-22(24-13-1)16-26-20-9-5-18(6-10-20)15-19-7-11-21(12-8-19)27-17-23-4-2-14-25-23/h1-3,5-14,16-17,23-25H,4,15H2. The summed E-state index contributed by atoms with van der Waals surface area (Å²) >= 11 is 0. The number of hydrogen-bond acceptors (Lipinski definition) is 3. The molecule has 0 aliphatic carbocycles. The summed E-state index contributed by atoms with van der Waals surface area (Å²) in [5.41, 5.74) is 5.49. The average Bonchev–Trinajstić information content (AvgIpc) is 3.41. The first-order chi connectivity index (χ1) is 13.3. The van der Waals surface area contributed by atoms with Gasteiger partial charge in [0.2, 0.25) is 0 Å². The number of H-pyrrole nitrogens is 1. The van der Waals surface area contributed by atoms with Gasteiger partial charge >= 0.3 is 0 Å². The number of aliphatic imine (C=N–C) groups is 2. The number of benzene rings is 2. The van der Waals surface area contributed by atoms with Crippen LogP contribution in [0.4, 0.5) is 11.4 Å². The highest BCUT2D eigenvalue weighted by Crippen LogP contribution is 2.18. The molecular weight excluding hydrogens is 332 g/mol. The monoisotopic (exact) mass is 354 g/mol. The molecule has 2 heterocycles. The molecule has 1 aromatic heterocycles. The third-order valence-electron chi connectivity index (χ3n) is 4.48. The lowest BCUT2D eigenvalue weighted by Gasteiger charge is -2.05. The van der Waals surface area contributed by atoms with Gasteiger partial charge in [-0.1, -0.05) is 30.3 Å². The van der Waals surface area contributed by atoms with Crippen LogP contribution >= 0.6 is 0 Å². The van der Waals surface area contributed by atoms with E-state index in [4.69, 9.17) is 0 Å². The van der Waals surface area contributed by atoms with E-state index in [0.717, 1.165) is 29.9 Å². The maximum Gasteiger partial charge on any atom is 0.0645 e. The Morgan fingerprint density at radius 2 is 1.59 bits per heavy atom. The van der Waals surface area contributed by atoms with Crippen LogP contribution in [-0.2, 0) is 6.42 Å². The van der Waals surface area contributed by atoms with Crippen molar-refractivity contribution < 1.29 is 0 Å². The quantitative estimate of drug-likeness (QED) is 0.606. The number of aromatic amines is 1. The minimum absolute atomic E-state index is 0.322. The van der Waals surface area contributed by atoms with Crippen LogP contribution in [0.25, 0.3) is 0 Å². The van der Waals surface area contributed by atoms with E-state index in [2.05, 4.69) is 74.9 Å². The Kier molecular flexibility index (Phi) is 5.25. The van der Waals surface area contributed by atoms with Crippen LogP contribution < -0.4 is 5.32 Å². The molecule has 1 unspecified atom stereocenters. The van der Waals surface area contributed by atoms with E-state index >= 15 is 0 Å². The van der Waals surface area contributed by atoms with Gasteiger partial charge in [0.05, 0.1) is 29.3 Å². The molecule has 0 radical (unpaired) electrons. The Morgan fingerprint density at radius 3 is 2.19 bits per heavy atom. The maximum absolute atomic E-state index is 4.54. The predicted molar refractivity (Wildman–Crippen MR) is 113 cm³/mol. The first-order valence-corrected chi connectivity index (χ1v) is 9.16. The smallest absolute Gasteiger partial charge is 0.0645 e. The summed E-state index contributed by atoms with van der Waals surface area (Å²) in [6.07, 6.45) is 11.7. The lowest BCUT2D eigenvalue weighted by Crippen LogP contribution is -2.19. The van der Waals surface area contributed by atoms with Crippen LogP contribution in [0.1, 0.15) is 23.2 Å². The summed E-state index contributed by atoms with van der Waals surface area (Å²) in [5, 5.41) is 3.25. The summed E-state index contributed by atoms with van der Waals surface area (Å²) in [7, 11) is 0. The molecule has 27 heavy (non-hydrogen) atoms. The molecule has 0 fully saturated rings. The second-order valence-electron chi connectivity index (χ2n) is 6.58. The molecule has 4 rings (SSSR count). The van der Waals surface area contributed by atoms with Crippen molar-refractivity contribution in [2.75, 3.05) is 0 Å². The minimum Gasteiger partial charge on any atom is -0.383 e. The van der Waals surface area contributed by atoms with Gasteiger partial charge in [-0.3, -0.25) is 9.98 Å². The summed E-state index contributed by atoms with van der Waals surface area (Å²) < 4.78 is 0. The Labute approximate surface area is 159 Å². The zero-order valence-electron chi connectivity index (χ0n) is 15.0. The first kappa shape index (κ1) is 17.0. The van der Waals surface area contributed by atoms with E-state index in [1.54, 1.807) is 0 Å². The van der Waals surface area contributed by atoms with Gasteiger partial charge in [-0.25, -0.2) is 0 Å². The van der Waals surface area contributed by atoms with Crippen LogP contribution in [0.2, 0.25) is 0 Å². The molecule has 1 atom stereocenters. The van der Waals surface area contributed by atoms with Crippen molar-refractivity contribution in [2.45, 2.75) is 18.9 Å². The Hall–Kier alpha value is -3.40. The molecule has 0 spiro atoms. The molecule has 4 heteroatoms. The minimum atomic E-state index is 0.322. The summed E-state index contributed by atoms with van der Waals surface area (Å²) in [6, 6.07) is 21.1. The lowest BCUT2D eigenvalue weighted by molar-refractivity contribution is 0.812. The second-order valence-corrected chi connectivity index (χ2v) is 6.58. The molecule has 0 amide bonds. The van der Waals surface area contributed by atoms with Crippen molar-refractivity contribution in [1.29, 1.82) is 0 Å². The van der Waals surface area contributed by atoms with Crippen molar-refractivity contribution in [3.05, 3.63) is 96.0 Å². The van der Waals surface area contributed by atoms with Crippen molar-refractivity contribution in [1.82, 2.24) is 10.3 Å². The van der Waals surface area contributed by atoms with Crippen molar-refractivity contribution in [2.24, 2.45) is 9.98 Å². The van der Waals surface area contributed by atoms with E-state index in [1.165, 1.54) is 11.1 Å². The third-order valence-corrected chi connectivity index (χ3v) is 4.48. The highest BCUT2D eigenvalue weighted by molar-refractivity contribution is 5.79. The number of nitrogens with one attached hydrogen (secondary N) is 2. The highest BCUT2D eigenvalue weighted by Gasteiger charge is 2.04. The number of rotatable bonds is 6. The molecule has 0 saturated carbocycles. The number of nitrogens with zero attached hydrogens (tertiary/aromatic N) is 2. The van der Waals surface area contributed by atoms with Gasteiger partial charge in [0.25, 0.3) is 0 Å². The fraction of sp³-hybridized carbons (Fsp3) is 0.130. The Balaban J connectivity index is 1.34. The van der Waals surface area contributed by atoms with Crippen LogP contribution in [-0.4, -0.2) is 23.5 Å². The van der Waals surface area contributed by atoms with E-state index in [1.807, 2.05) is 37.0 Å². The van der Waals surface area contributed by atoms with Gasteiger partial charge in [0, 0.05) is 12.4 Å². The zero-order valence-corrected chi connectivity index (χ0v) is 15.0. The summed E-state index contributed by atoms with van der Waals surface area (Å²) in [6.45, 7) is 0. The molecule has 3 aromatic rings. The van der Waals surface area contributed by atoms with Gasteiger partial charge in [0.15, 0.2) is 0 Å². The lowest BCUT2D eigenvalue weighted by atomic mass is 10.0. The SMILES string of the molecule is C1=CNC(C=Nc2ccc(Cc3ccc(N=Cc4ccc[nH]4)cc3)cc2)C1. The predicted octanol–water partition coefficient (Wildman–Crippen LogP) is 4.93. The normalized spacial score (nSPS) is 16.4. The molecule has 0 bridgehead atoms. The molecule has 134 valence electrons. The van der Waals surface area contributed by atoms with E-state index < -0.39 is 0 Å². The molecule has 2 N–H and O–H groups in total. The maximum atomic E-state index is 4.54. The Bertz CT molecular complexity index is 925. The summed E-state index contributed by atoms with van der Waals surface area (Å²) in [5.74, 6) is 0. The molecule has 1 aliphatic rings. The molecular formula is C23H22N4. The van der Waals surface area contributed by atoms with Gasteiger partial charge in [-0.15, -0.1) is 0 Å². The van der Waals surface area contributed by atoms with Gasteiger partial charge < -0.3 is 10.3 Å².